The first-order valence-corrected chi connectivity index (χ1v) is 8.88. The number of nitrogens with one attached hydrogen (secondary N) is 1. The quantitative estimate of drug-likeness (QED) is 0.425. The molecule has 0 unspecified atom stereocenters. The molecule has 0 radical (unpaired) electrons. The minimum absolute atomic E-state index is 0.150. The standard InChI is InChI=1S/C19H18N2O4S/c1-11(2)20-18(23)16(22)13-8-6-10-21(13)15-12-7-4-5-9-14(12)26-17(15)19(24)25-3/h4-11H,1-3H3,(H,20,23). The molecule has 0 atom stereocenters. The normalized spacial score (nSPS) is 10.9. The lowest BCUT2D eigenvalue weighted by molar-refractivity contribution is -0.117. The van der Waals surface area contributed by atoms with Crippen LogP contribution in [0.1, 0.15) is 34.0 Å². The Balaban J connectivity index is 2.17. The summed E-state index contributed by atoms with van der Waals surface area (Å²) in [4.78, 5) is 37.4. The number of methoxy groups -OCH3 is 1. The zero-order chi connectivity index (χ0) is 18.8. The number of thiophene rings is 1. The van der Waals surface area contributed by atoms with Gasteiger partial charge in [-0.1, -0.05) is 18.2 Å². The van der Waals surface area contributed by atoms with E-state index in [-0.39, 0.29) is 11.7 Å². The van der Waals surface area contributed by atoms with Crippen LogP contribution < -0.4 is 5.32 Å². The lowest BCUT2D eigenvalue weighted by Crippen LogP contribution is -2.36. The molecule has 26 heavy (non-hydrogen) atoms. The molecule has 0 spiro atoms. The Morgan fingerprint density at radius 2 is 1.85 bits per heavy atom. The highest BCUT2D eigenvalue weighted by Gasteiger charge is 2.26. The molecule has 0 fully saturated rings. The molecular weight excluding hydrogens is 352 g/mol. The lowest BCUT2D eigenvalue weighted by atomic mass is 10.2. The number of amides is 1. The third kappa shape index (κ3) is 3.13. The van der Waals surface area contributed by atoms with Crippen molar-refractivity contribution in [1.29, 1.82) is 0 Å². The van der Waals surface area contributed by atoms with Crippen molar-refractivity contribution >= 4 is 39.1 Å². The summed E-state index contributed by atoms with van der Waals surface area (Å²) in [5.74, 6) is -1.83. The van der Waals surface area contributed by atoms with E-state index < -0.39 is 17.7 Å². The molecule has 0 saturated carbocycles. The van der Waals surface area contributed by atoms with E-state index in [1.165, 1.54) is 18.4 Å². The molecule has 1 N–H and O–H groups in total. The van der Waals surface area contributed by atoms with Crippen LogP contribution in [0.4, 0.5) is 0 Å². The van der Waals surface area contributed by atoms with Gasteiger partial charge in [0.05, 0.1) is 18.5 Å². The molecule has 134 valence electrons. The Kier molecular flexibility index (Phi) is 4.90. The SMILES string of the molecule is COC(=O)c1sc2ccccc2c1-n1cccc1C(=O)C(=O)NC(C)C. The van der Waals surface area contributed by atoms with Crippen molar-refractivity contribution in [3.8, 4) is 5.69 Å². The fraction of sp³-hybridized carbons (Fsp3) is 0.211. The monoisotopic (exact) mass is 370 g/mol. The van der Waals surface area contributed by atoms with Gasteiger partial charge in [0.1, 0.15) is 4.88 Å². The summed E-state index contributed by atoms with van der Waals surface area (Å²) in [6.07, 6.45) is 1.66. The Morgan fingerprint density at radius 3 is 2.54 bits per heavy atom. The number of esters is 1. The fourth-order valence-corrected chi connectivity index (χ4v) is 3.82. The number of ether oxygens (including phenoxy) is 1. The van der Waals surface area contributed by atoms with Gasteiger partial charge in [-0.15, -0.1) is 11.3 Å². The van der Waals surface area contributed by atoms with Crippen LogP contribution in [-0.4, -0.2) is 35.4 Å². The van der Waals surface area contributed by atoms with Crippen molar-refractivity contribution in [2.45, 2.75) is 19.9 Å². The maximum absolute atomic E-state index is 12.6. The average Bonchev–Trinajstić information content (AvgIpc) is 3.23. The summed E-state index contributed by atoms with van der Waals surface area (Å²) < 4.78 is 7.37. The second-order valence-corrected chi connectivity index (χ2v) is 7.04. The first-order valence-electron chi connectivity index (χ1n) is 8.06. The van der Waals surface area contributed by atoms with Crippen molar-refractivity contribution in [2.75, 3.05) is 7.11 Å². The molecule has 0 saturated heterocycles. The van der Waals surface area contributed by atoms with Crippen molar-refractivity contribution in [3.63, 3.8) is 0 Å². The van der Waals surface area contributed by atoms with Crippen LogP contribution in [0.5, 0.6) is 0 Å². The van der Waals surface area contributed by atoms with Gasteiger partial charge in [0, 0.05) is 22.3 Å². The van der Waals surface area contributed by atoms with Gasteiger partial charge in [-0.3, -0.25) is 9.59 Å². The van der Waals surface area contributed by atoms with Crippen LogP contribution in [-0.2, 0) is 9.53 Å². The van der Waals surface area contributed by atoms with E-state index in [1.807, 2.05) is 24.3 Å². The van der Waals surface area contributed by atoms with Crippen LogP contribution in [0.3, 0.4) is 0 Å². The zero-order valence-electron chi connectivity index (χ0n) is 14.6. The molecule has 2 heterocycles. The molecule has 2 aromatic heterocycles. The number of rotatable bonds is 5. The topological polar surface area (TPSA) is 77.4 Å². The van der Waals surface area contributed by atoms with E-state index in [0.29, 0.717) is 10.6 Å². The van der Waals surface area contributed by atoms with E-state index >= 15 is 0 Å². The number of Topliss-reactive ketones (excluding diaryl/α,β-unsaturated/α-hetero) is 1. The Labute approximate surface area is 154 Å². The van der Waals surface area contributed by atoms with Crippen LogP contribution in [0.15, 0.2) is 42.6 Å². The van der Waals surface area contributed by atoms with E-state index in [2.05, 4.69) is 5.32 Å². The third-order valence-electron chi connectivity index (χ3n) is 3.79. The van der Waals surface area contributed by atoms with Gasteiger partial charge in [-0.25, -0.2) is 4.79 Å². The third-order valence-corrected chi connectivity index (χ3v) is 4.93. The number of hydrogen-bond acceptors (Lipinski definition) is 5. The van der Waals surface area contributed by atoms with Gasteiger partial charge in [0.2, 0.25) is 0 Å². The van der Waals surface area contributed by atoms with Crippen LogP contribution >= 0.6 is 11.3 Å². The van der Waals surface area contributed by atoms with Gasteiger partial charge in [0.15, 0.2) is 0 Å². The summed E-state index contributed by atoms with van der Waals surface area (Å²) in [6.45, 7) is 3.57. The molecule has 7 heteroatoms. The fourth-order valence-electron chi connectivity index (χ4n) is 2.71. The maximum Gasteiger partial charge on any atom is 0.350 e. The number of benzene rings is 1. The number of ketones is 1. The highest BCUT2D eigenvalue weighted by atomic mass is 32.1. The molecule has 0 aliphatic rings. The highest BCUT2D eigenvalue weighted by Crippen LogP contribution is 2.35. The van der Waals surface area contributed by atoms with Crippen molar-refractivity contribution in [1.82, 2.24) is 9.88 Å². The first kappa shape index (κ1) is 17.9. The van der Waals surface area contributed by atoms with E-state index in [4.69, 9.17) is 4.74 Å². The number of carbonyl (C=O) groups is 3. The summed E-state index contributed by atoms with van der Waals surface area (Å²) in [7, 11) is 1.31. The van der Waals surface area contributed by atoms with Crippen molar-refractivity contribution in [2.24, 2.45) is 0 Å². The van der Waals surface area contributed by atoms with Gasteiger partial charge < -0.3 is 14.6 Å². The molecule has 6 nitrogen and oxygen atoms in total. The smallest absolute Gasteiger partial charge is 0.350 e. The second-order valence-electron chi connectivity index (χ2n) is 5.99. The number of aromatic nitrogens is 1. The summed E-state index contributed by atoms with van der Waals surface area (Å²) in [5.41, 5.74) is 0.736. The highest BCUT2D eigenvalue weighted by molar-refractivity contribution is 7.21. The van der Waals surface area contributed by atoms with Crippen LogP contribution in [0.2, 0.25) is 0 Å². The molecule has 0 aliphatic heterocycles. The predicted molar refractivity (Wildman–Crippen MR) is 100 cm³/mol. The largest absolute Gasteiger partial charge is 0.465 e. The van der Waals surface area contributed by atoms with Crippen molar-refractivity contribution < 1.29 is 19.1 Å². The maximum atomic E-state index is 12.6. The van der Waals surface area contributed by atoms with Crippen LogP contribution in [0.25, 0.3) is 15.8 Å². The molecular formula is C19H18N2O4S. The minimum atomic E-state index is -0.681. The molecule has 1 amide bonds. The van der Waals surface area contributed by atoms with Gasteiger partial charge in [-0.2, -0.15) is 0 Å². The Morgan fingerprint density at radius 1 is 1.12 bits per heavy atom. The van der Waals surface area contributed by atoms with E-state index in [1.54, 1.807) is 36.7 Å². The summed E-state index contributed by atoms with van der Waals surface area (Å²) >= 11 is 1.29. The number of carbonyl (C=O) groups excluding carboxylic acids is 3. The second kappa shape index (κ2) is 7.13. The van der Waals surface area contributed by atoms with E-state index in [9.17, 15) is 14.4 Å². The predicted octanol–water partition coefficient (Wildman–Crippen LogP) is 3.19. The molecule has 3 rings (SSSR count). The average molecular weight is 370 g/mol. The number of nitrogens with zero attached hydrogens (tertiary/aromatic N) is 1. The summed E-state index contributed by atoms with van der Waals surface area (Å²) in [6, 6.07) is 10.6. The summed E-state index contributed by atoms with van der Waals surface area (Å²) in [5, 5.41) is 3.41. The Hall–Kier alpha value is -2.93. The number of hydrogen-bond donors (Lipinski definition) is 1. The molecule has 3 aromatic rings. The molecule has 1 aromatic carbocycles. The molecule has 0 bridgehead atoms. The number of fused-ring (bicyclic) bond motifs is 1. The van der Waals surface area contributed by atoms with Gasteiger partial charge in [0.25, 0.3) is 11.7 Å². The van der Waals surface area contributed by atoms with Gasteiger partial charge in [-0.05, 0) is 32.0 Å². The van der Waals surface area contributed by atoms with E-state index in [0.717, 1.165) is 10.1 Å². The lowest BCUT2D eigenvalue weighted by Gasteiger charge is -2.11. The minimum Gasteiger partial charge on any atom is -0.465 e. The van der Waals surface area contributed by atoms with Crippen LogP contribution in [0, 0.1) is 0 Å². The zero-order valence-corrected chi connectivity index (χ0v) is 15.4. The molecule has 0 aliphatic carbocycles. The van der Waals surface area contributed by atoms with Crippen molar-refractivity contribution in [3.05, 3.63) is 53.2 Å². The first-order chi connectivity index (χ1) is 12.4. The Bertz CT molecular complexity index is 1000. The van der Waals surface area contributed by atoms with Gasteiger partial charge >= 0.3 is 5.97 Å².